The Bertz CT molecular complexity index is 488. The molecule has 0 radical (unpaired) electrons. The Morgan fingerprint density at radius 2 is 2.36 bits per heavy atom. The highest BCUT2D eigenvalue weighted by Crippen LogP contribution is 2.17. The molecule has 1 aromatic carbocycles. The van der Waals surface area contributed by atoms with Gasteiger partial charge in [0, 0.05) is 5.39 Å². The molecule has 0 aliphatic heterocycles. The van der Waals surface area contributed by atoms with Gasteiger partial charge < -0.3 is 5.11 Å². The number of benzene rings is 1. The average Bonchev–Trinajstić information content (AvgIpc) is 2.59. The number of carbonyl (C=O) groups is 1. The van der Waals surface area contributed by atoms with E-state index < -0.39 is 5.97 Å². The summed E-state index contributed by atoms with van der Waals surface area (Å²) in [6.07, 6.45) is 0.889. The van der Waals surface area contributed by atoms with Gasteiger partial charge in [-0.05, 0) is 24.1 Å². The van der Waals surface area contributed by atoms with E-state index in [4.69, 9.17) is 5.11 Å². The van der Waals surface area contributed by atoms with E-state index in [9.17, 15) is 4.79 Å². The Labute approximate surface area is 80.6 Å². The fourth-order valence-electron chi connectivity index (χ4n) is 1.44. The molecule has 0 saturated heterocycles. The number of carboxylic acids is 1. The third kappa shape index (κ3) is 1.25. The molecule has 0 amide bonds. The Kier molecular flexibility index (Phi) is 1.96. The molecule has 0 fully saturated rings. The fourth-order valence-corrected chi connectivity index (χ4v) is 1.44. The Morgan fingerprint density at radius 1 is 1.57 bits per heavy atom. The SMILES string of the molecule is CCc1ccc2[nH]nc(C(=O)O)c2c1. The molecule has 1 heterocycles. The number of H-pyrrole nitrogens is 1. The number of hydrogen-bond acceptors (Lipinski definition) is 2. The minimum Gasteiger partial charge on any atom is -0.476 e. The number of fused-ring (bicyclic) bond motifs is 1. The van der Waals surface area contributed by atoms with E-state index >= 15 is 0 Å². The van der Waals surface area contributed by atoms with Gasteiger partial charge in [-0.15, -0.1) is 0 Å². The summed E-state index contributed by atoms with van der Waals surface area (Å²) in [5.74, 6) is -0.996. The number of aromatic nitrogens is 2. The molecule has 0 unspecified atom stereocenters. The monoisotopic (exact) mass is 190 g/mol. The summed E-state index contributed by atoms with van der Waals surface area (Å²) in [7, 11) is 0. The summed E-state index contributed by atoms with van der Waals surface area (Å²) in [4.78, 5) is 10.8. The molecule has 0 aliphatic rings. The molecule has 0 bridgehead atoms. The van der Waals surface area contributed by atoms with Crippen molar-refractivity contribution in [3.63, 3.8) is 0 Å². The molecule has 14 heavy (non-hydrogen) atoms. The van der Waals surface area contributed by atoms with E-state index in [1.165, 1.54) is 0 Å². The first-order valence-electron chi connectivity index (χ1n) is 4.42. The lowest BCUT2D eigenvalue weighted by atomic mass is 10.1. The van der Waals surface area contributed by atoms with Crippen LogP contribution in [-0.4, -0.2) is 21.3 Å². The highest BCUT2D eigenvalue weighted by atomic mass is 16.4. The first kappa shape index (κ1) is 8.74. The second kappa shape index (κ2) is 3.14. The molecule has 72 valence electrons. The lowest BCUT2D eigenvalue weighted by molar-refractivity contribution is 0.0692. The van der Waals surface area contributed by atoms with Crippen LogP contribution in [0.1, 0.15) is 23.0 Å². The molecule has 0 atom stereocenters. The second-order valence-corrected chi connectivity index (χ2v) is 3.11. The van der Waals surface area contributed by atoms with E-state index in [1.807, 2.05) is 25.1 Å². The summed E-state index contributed by atoms with van der Waals surface area (Å²) < 4.78 is 0. The van der Waals surface area contributed by atoms with Gasteiger partial charge in [0.05, 0.1) is 5.52 Å². The zero-order valence-electron chi connectivity index (χ0n) is 7.74. The number of carboxylic acid groups (broad SMARTS) is 1. The quantitative estimate of drug-likeness (QED) is 0.759. The number of aromatic amines is 1. The van der Waals surface area contributed by atoms with Crippen molar-refractivity contribution in [1.82, 2.24) is 10.2 Å². The molecular weight excluding hydrogens is 180 g/mol. The first-order chi connectivity index (χ1) is 6.72. The third-order valence-corrected chi connectivity index (χ3v) is 2.24. The standard InChI is InChI=1S/C10H10N2O2/c1-2-6-3-4-8-7(5-6)9(10(13)14)12-11-8/h3-5H,2H2,1H3,(H,11,12)(H,13,14). The molecule has 2 N–H and O–H groups in total. The minimum absolute atomic E-state index is 0.0929. The zero-order valence-corrected chi connectivity index (χ0v) is 7.74. The van der Waals surface area contributed by atoms with Crippen molar-refractivity contribution in [2.75, 3.05) is 0 Å². The minimum atomic E-state index is -0.996. The van der Waals surface area contributed by atoms with E-state index in [1.54, 1.807) is 0 Å². The Balaban J connectivity index is 2.69. The van der Waals surface area contributed by atoms with Crippen LogP contribution in [0.15, 0.2) is 18.2 Å². The van der Waals surface area contributed by atoms with Crippen molar-refractivity contribution >= 4 is 16.9 Å². The molecular formula is C10H10N2O2. The molecule has 2 rings (SSSR count). The Morgan fingerprint density at radius 3 is 3.00 bits per heavy atom. The second-order valence-electron chi connectivity index (χ2n) is 3.11. The van der Waals surface area contributed by atoms with Gasteiger partial charge in [-0.3, -0.25) is 5.10 Å². The number of aryl methyl sites for hydroxylation is 1. The smallest absolute Gasteiger partial charge is 0.357 e. The van der Waals surface area contributed by atoms with Crippen LogP contribution in [0.5, 0.6) is 0 Å². The molecule has 0 saturated carbocycles. The number of rotatable bonds is 2. The van der Waals surface area contributed by atoms with Gasteiger partial charge in [-0.25, -0.2) is 4.79 Å². The van der Waals surface area contributed by atoms with Crippen LogP contribution in [0.2, 0.25) is 0 Å². The van der Waals surface area contributed by atoms with Crippen molar-refractivity contribution in [3.8, 4) is 0 Å². The number of nitrogens with one attached hydrogen (secondary N) is 1. The molecule has 0 spiro atoms. The van der Waals surface area contributed by atoms with Gasteiger partial charge >= 0.3 is 5.97 Å². The summed E-state index contributed by atoms with van der Waals surface area (Å²) >= 11 is 0. The van der Waals surface area contributed by atoms with Crippen molar-refractivity contribution < 1.29 is 9.90 Å². The number of aromatic carboxylic acids is 1. The largest absolute Gasteiger partial charge is 0.476 e. The van der Waals surface area contributed by atoms with Gasteiger partial charge in [-0.1, -0.05) is 13.0 Å². The van der Waals surface area contributed by atoms with Crippen molar-refractivity contribution in [3.05, 3.63) is 29.5 Å². The fraction of sp³-hybridized carbons (Fsp3) is 0.200. The van der Waals surface area contributed by atoms with E-state index in [0.717, 1.165) is 17.5 Å². The van der Waals surface area contributed by atoms with Crippen LogP contribution in [0.25, 0.3) is 10.9 Å². The van der Waals surface area contributed by atoms with Crippen LogP contribution in [-0.2, 0) is 6.42 Å². The predicted molar refractivity (Wildman–Crippen MR) is 52.4 cm³/mol. The van der Waals surface area contributed by atoms with E-state index in [0.29, 0.717) is 5.39 Å². The lowest BCUT2D eigenvalue weighted by Gasteiger charge is -1.95. The van der Waals surface area contributed by atoms with Crippen LogP contribution >= 0.6 is 0 Å². The van der Waals surface area contributed by atoms with Gasteiger partial charge in [0.1, 0.15) is 0 Å². The van der Waals surface area contributed by atoms with Gasteiger partial charge in [0.25, 0.3) is 0 Å². The molecule has 2 aromatic rings. The van der Waals surface area contributed by atoms with Crippen molar-refractivity contribution in [2.24, 2.45) is 0 Å². The maximum absolute atomic E-state index is 10.8. The topological polar surface area (TPSA) is 66.0 Å². The predicted octanol–water partition coefficient (Wildman–Crippen LogP) is 1.82. The zero-order chi connectivity index (χ0) is 10.1. The maximum atomic E-state index is 10.8. The average molecular weight is 190 g/mol. The molecule has 0 aliphatic carbocycles. The molecule has 4 heteroatoms. The van der Waals surface area contributed by atoms with Crippen LogP contribution in [0.3, 0.4) is 0 Å². The molecule has 4 nitrogen and oxygen atoms in total. The van der Waals surface area contributed by atoms with Crippen molar-refractivity contribution in [2.45, 2.75) is 13.3 Å². The summed E-state index contributed by atoms with van der Waals surface area (Å²) in [5.41, 5.74) is 1.97. The van der Waals surface area contributed by atoms with Crippen LogP contribution in [0.4, 0.5) is 0 Å². The summed E-state index contributed by atoms with van der Waals surface area (Å²) in [5, 5.41) is 16.0. The number of nitrogens with zero attached hydrogens (tertiary/aromatic N) is 1. The van der Waals surface area contributed by atoms with E-state index in [-0.39, 0.29) is 5.69 Å². The summed E-state index contributed by atoms with van der Waals surface area (Å²) in [6.45, 7) is 2.03. The maximum Gasteiger partial charge on any atom is 0.357 e. The molecule has 1 aromatic heterocycles. The van der Waals surface area contributed by atoms with Gasteiger partial charge in [0.2, 0.25) is 0 Å². The third-order valence-electron chi connectivity index (χ3n) is 2.24. The highest BCUT2D eigenvalue weighted by molar-refractivity contribution is 6.01. The van der Waals surface area contributed by atoms with Crippen LogP contribution in [0, 0.1) is 0 Å². The number of hydrogen-bond donors (Lipinski definition) is 2. The first-order valence-corrected chi connectivity index (χ1v) is 4.42. The highest BCUT2D eigenvalue weighted by Gasteiger charge is 2.12. The van der Waals surface area contributed by atoms with Gasteiger partial charge in [-0.2, -0.15) is 5.10 Å². The van der Waals surface area contributed by atoms with Gasteiger partial charge in [0.15, 0.2) is 5.69 Å². The Hall–Kier alpha value is -1.84. The lowest BCUT2D eigenvalue weighted by Crippen LogP contribution is -1.96. The van der Waals surface area contributed by atoms with Crippen LogP contribution < -0.4 is 0 Å². The van der Waals surface area contributed by atoms with E-state index in [2.05, 4.69) is 10.2 Å². The summed E-state index contributed by atoms with van der Waals surface area (Å²) in [6, 6.07) is 5.68. The van der Waals surface area contributed by atoms with Crippen molar-refractivity contribution in [1.29, 1.82) is 0 Å². The normalized spacial score (nSPS) is 10.6.